The maximum Gasteiger partial charge on any atom is 0.273 e. The zero-order chi connectivity index (χ0) is 25.5. The van der Waals surface area contributed by atoms with Gasteiger partial charge in [-0.25, -0.2) is 9.97 Å². The second-order valence-electron chi connectivity index (χ2n) is 8.42. The Morgan fingerprint density at radius 1 is 0.946 bits per heavy atom. The van der Waals surface area contributed by atoms with Crippen LogP contribution >= 0.6 is 11.6 Å². The Morgan fingerprint density at radius 3 is 2.65 bits per heavy atom. The number of nitrogens with one attached hydrogen (secondary N) is 2. The van der Waals surface area contributed by atoms with Gasteiger partial charge in [-0.3, -0.25) is 14.8 Å². The smallest absolute Gasteiger partial charge is 0.273 e. The number of hydrogen-bond acceptors (Lipinski definition) is 7. The summed E-state index contributed by atoms with van der Waals surface area (Å²) < 4.78 is 7.69. The minimum absolute atomic E-state index is 0.216. The van der Waals surface area contributed by atoms with Crippen LogP contribution in [0.2, 0.25) is 5.02 Å². The molecule has 0 fully saturated rings. The first kappa shape index (κ1) is 24.6. The highest BCUT2D eigenvalue weighted by molar-refractivity contribution is 6.31. The Labute approximate surface area is 218 Å². The predicted molar refractivity (Wildman–Crippen MR) is 140 cm³/mol. The van der Waals surface area contributed by atoms with E-state index in [1.165, 1.54) is 6.26 Å². The summed E-state index contributed by atoms with van der Waals surface area (Å²) in [6, 6.07) is 17.6. The van der Waals surface area contributed by atoms with Gasteiger partial charge in [-0.15, -0.1) is 0 Å². The van der Waals surface area contributed by atoms with Crippen molar-refractivity contribution < 1.29 is 9.21 Å². The van der Waals surface area contributed by atoms with Crippen LogP contribution in [0.15, 0.2) is 77.7 Å². The molecule has 10 heteroatoms. The van der Waals surface area contributed by atoms with Crippen LogP contribution in [0.5, 0.6) is 0 Å². The van der Waals surface area contributed by atoms with E-state index in [1.807, 2.05) is 42.6 Å². The molecule has 0 aliphatic carbocycles. The molecule has 1 aromatic carbocycles. The third kappa shape index (κ3) is 6.19. The van der Waals surface area contributed by atoms with Crippen LogP contribution < -0.4 is 10.6 Å². The zero-order valence-corrected chi connectivity index (χ0v) is 20.9. The Bertz CT molecular complexity index is 1480. The second kappa shape index (κ2) is 11.8. The molecule has 0 atom stereocenters. The summed E-state index contributed by atoms with van der Waals surface area (Å²) in [7, 11) is 0. The van der Waals surface area contributed by atoms with Gasteiger partial charge in [0.2, 0.25) is 0 Å². The minimum atomic E-state index is -0.337. The van der Waals surface area contributed by atoms with Crippen molar-refractivity contribution in [2.75, 3.05) is 13.1 Å². The molecule has 0 radical (unpaired) electrons. The van der Waals surface area contributed by atoms with E-state index in [4.69, 9.17) is 21.0 Å². The molecule has 9 nitrogen and oxygen atoms in total. The first-order valence-electron chi connectivity index (χ1n) is 12.0. The molecular formula is C27H26ClN7O2. The molecular weight excluding hydrogens is 490 g/mol. The van der Waals surface area contributed by atoms with Gasteiger partial charge >= 0.3 is 0 Å². The van der Waals surface area contributed by atoms with Crippen molar-refractivity contribution in [3.05, 3.63) is 107 Å². The summed E-state index contributed by atoms with van der Waals surface area (Å²) >= 11 is 6.08. The van der Waals surface area contributed by atoms with Crippen molar-refractivity contribution in [1.29, 1.82) is 0 Å². The third-order valence-electron chi connectivity index (χ3n) is 5.86. The second-order valence-corrected chi connectivity index (χ2v) is 8.82. The van der Waals surface area contributed by atoms with Crippen molar-refractivity contribution in [2.24, 2.45) is 0 Å². The number of aromatic nitrogens is 5. The zero-order valence-electron chi connectivity index (χ0n) is 20.1. The normalized spacial score (nSPS) is 11.2. The van der Waals surface area contributed by atoms with E-state index >= 15 is 0 Å². The quantitative estimate of drug-likeness (QED) is 0.257. The number of oxazole rings is 1. The fourth-order valence-corrected chi connectivity index (χ4v) is 4.19. The Balaban J connectivity index is 1.11. The summed E-state index contributed by atoms with van der Waals surface area (Å²) in [5.41, 5.74) is 3.89. The summed E-state index contributed by atoms with van der Waals surface area (Å²) in [6.45, 7) is 2.29. The van der Waals surface area contributed by atoms with E-state index in [9.17, 15) is 4.79 Å². The van der Waals surface area contributed by atoms with Crippen molar-refractivity contribution in [3.63, 3.8) is 0 Å². The molecule has 5 aromatic rings. The fourth-order valence-electron chi connectivity index (χ4n) is 4.00. The molecule has 2 N–H and O–H groups in total. The van der Waals surface area contributed by atoms with Gasteiger partial charge in [0.25, 0.3) is 5.91 Å². The number of amides is 1. The lowest BCUT2D eigenvalue weighted by atomic mass is 10.3. The molecule has 0 aliphatic heterocycles. The number of hydrogen-bond donors (Lipinski definition) is 2. The number of benzene rings is 1. The molecule has 5 rings (SSSR count). The number of fused-ring (bicyclic) bond motifs is 1. The topological polar surface area (TPSA) is 111 Å². The summed E-state index contributed by atoms with van der Waals surface area (Å²) in [6.07, 6.45) is 6.12. The molecule has 0 bridgehead atoms. The molecule has 37 heavy (non-hydrogen) atoms. The van der Waals surface area contributed by atoms with Crippen molar-refractivity contribution in [3.8, 4) is 0 Å². The van der Waals surface area contributed by atoms with Gasteiger partial charge < -0.3 is 19.6 Å². The maximum absolute atomic E-state index is 12.4. The summed E-state index contributed by atoms with van der Waals surface area (Å²) in [5, 5.41) is 6.68. The lowest BCUT2D eigenvalue weighted by Gasteiger charge is -2.09. The summed E-state index contributed by atoms with van der Waals surface area (Å²) in [5.74, 6) is 1.16. The predicted octanol–water partition coefficient (Wildman–Crippen LogP) is 3.82. The third-order valence-corrected chi connectivity index (χ3v) is 6.20. The van der Waals surface area contributed by atoms with E-state index in [1.54, 1.807) is 18.3 Å². The lowest BCUT2D eigenvalue weighted by molar-refractivity contribution is 0.0945. The van der Waals surface area contributed by atoms with Crippen LogP contribution in [0.1, 0.15) is 33.6 Å². The number of carbonyl (C=O) groups is 1. The van der Waals surface area contributed by atoms with Gasteiger partial charge in [0.15, 0.2) is 11.6 Å². The number of nitrogens with zero attached hydrogens (tertiary/aromatic N) is 5. The first-order chi connectivity index (χ1) is 18.2. The molecule has 4 aromatic heterocycles. The van der Waals surface area contributed by atoms with Crippen LogP contribution in [0.4, 0.5) is 0 Å². The van der Waals surface area contributed by atoms with Gasteiger partial charge in [0.05, 0.1) is 40.5 Å². The maximum atomic E-state index is 12.4. The minimum Gasteiger partial charge on any atom is -0.448 e. The molecule has 4 heterocycles. The molecule has 0 saturated heterocycles. The number of rotatable bonds is 11. The fraction of sp³-hybridized carbons (Fsp3) is 0.222. The van der Waals surface area contributed by atoms with Crippen molar-refractivity contribution in [2.45, 2.75) is 25.9 Å². The first-order valence-corrected chi connectivity index (χ1v) is 12.4. The highest BCUT2D eigenvalue weighted by Gasteiger charge is 2.14. The van der Waals surface area contributed by atoms with Gasteiger partial charge in [-0.1, -0.05) is 29.8 Å². The monoisotopic (exact) mass is 515 g/mol. The SMILES string of the molecule is O=C(NCc1ncccc1Cl)c1coc(CCNCCc2nc3ccccc3n2Cc2ccccn2)n1. The lowest BCUT2D eigenvalue weighted by Crippen LogP contribution is -2.24. The molecule has 188 valence electrons. The van der Waals surface area contributed by atoms with Gasteiger partial charge in [-0.05, 0) is 36.4 Å². The van der Waals surface area contributed by atoms with E-state index in [0.717, 1.165) is 35.5 Å². The number of carbonyl (C=O) groups excluding carboxylic acids is 1. The molecule has 0 aliphatic rings. The highest BCUT2D eigenvalue weighted by Crippen LogP contribution is 2.18. The van der Waals surface area contributed by atoms with E-state index in [0.29, 0.717) is 36.1 Å². The Morgan fingerprint density at radius 2 is 1.78 bits per heavy atom. The number of pyridine rings is 2. The highest BCUT2D eigenvalue weighted by atomic mass is 35.5. The Kier molecular flexibility index (Phi) is 7.83. The number of para-hydroxylation sites is 2. The van der Waals surface area contributed by atoms with Crippen LogP contribution in [0.3, 0.4) is 0 Å². The standard InChI is InChI=1S/C27H26ClN7O2/c28-20-7-5-13-31-22(20)16-32-27(36)23-18-37-26(34-23)11-15-29-14-10-25-33-21-8-1-2-9-24(21)35(25)17-19-6-3-4-12-30-19/h1-9,12-13,18,29H,10-11,14-17H2,(H,32,36). The summed E-state index contributed by atoms with van der Waals surface area (Å²) in [4.78, 5) is 30.1. The van der Waals surface area contributed by atoms with Gasteiger partial charge in [-0.2, -0.15) is 0 Å². The van der Waals surface area contributed by atoms with Crippen LogP contribution in [-0.4, -0.2) is 43.5 Å². The van der Waals surface area contributed by atoms with E-state index < -0.39 is 0 Å². The average molecular weight is 516 g/mol. The van der Waals surface area contributed by atoms with E-state index in [2.05, 4.69) is 36.2 Å². The van der Waals surface area contributed by atoms with Gasteiger partial charge in [0, 0.05) is 38.3 Å². The van der Waals surface area contributed by atoms with Gasteiger partial charge in [0.1, 0.15) is 12.1 Å². The van der Waals surface area contributed by atoms with Crippen molar-refractivity contribution in [1.82, 2.24) is 35.1 Å². The molecule has 0 spiro atoms. The van der Waals surface area contributed by atoms with Crippen LogP contribution in [-0.2, 0) is 25.9 Å². The number of halogens is 1. The van der Waals surface area contributed by atoms with Crippen molar-refractivity contribution >= 4 is 28.5 Å². The average Bonchev–Trinajstić information content (AvgIpc) is 3.54. The largest absolute Gasteiger partial charge is 0.448 e. The number of imidazole rings is 1. The van der Waals surface area contributed by atoms with E-state index in [-0.39, 0.29) is 18.1 Å². The molecule has 1 amide bonds. The van der Waals surface area contributed by atoms with Crippen LogP contribution in [0, 0.1) is 0 Å². The Hall–Kier alpha value is -4.08. The van der Waals surface area contributed by atoms with Crippen LogP contribution in [0.25, 0.3) is 11.0 Å². The molecule has 0 saturated carbocycles. The molecule has 0 unspecified atom stereocenters.